The Hall–Kier alpha value is -2.47. The molecular weight excluding hydrogens is 272 g/mol. The molecule has 3 aromatic rings. The monoisotopic (exact) mass is 284 g/mol. The summed E-state index contributed by atoms with van der Waals surface area (Å²) in [4.78, 5) is 16.9. The van der Waals surface area contributed by atoms with Crippen molar-refractivity contribution >= 4 is 22.9 Å². The lowest BCUT2D eigenvalue weighted by molar-refractivity contribution is 0.103. The maximum absolute atomic E-state index is 12.3. The Kier molecular flexibility index (Phi) is 3.30. The third kappa shape index (κ3) is 2.33. The maximum atomic E-state index is 12.3. The number of benzene rings is 1. The zero-order chi connectivity index (χ0) is 13.9. The Morgan fingerprint density at radius 3 is 2.85 bits per heavy atom. The van der Waals surface area contributed by atoms with Gasteiger partial charge < -0.3 is 5.32 Å². The summed E-state index contributed by atoms with van der Waals surface area (Å²) in [7, 11) is 0. The van der Waals surface area contributed by atoms with Gasteiger partial charge in [-0.2, -0.15) is 5.10 Å². The fraction of sp³-hybridized carbons (Fsp3) is 0.0714. The van der Waals surface area contributed by atoms with Crippen molar-refractivity contribution in [2.75, 3.05) is 5.32 Å². The van der Waals surface area contributed by atoms with Crippen molar-refractivity contribution in [2.24, 2.45) is 0 Å². The molecule has 0 radical (unpaired) electrons. The predicted octanol–water partition coefficient (Wildman–Crippen LogP) is 2.89. The lowest BCUT2D eigenvalue weighted by Gasteiger charge is -2.10. The molecule has 0 aliphatic rings. The van der Waals surface area contributed by atoms with Gasteiger partial charge in [0.15, 0.2) is 0 Å². The lowest BCUT2D eigenvalue weighted by atomic mass is 10.2. The number of nitrogens with one attached hydrogen (secondary N) is 1. The van der Waals surface area contributed by atoms with E-state index in [4.69, 9.17) is 0 Å². The van der Waals surface area contributed by atoms with Gasteiger partial charge in [-0.1, -0.05) is 12.1 Å². The molecule has 1 amide bonds. The summed E-state index contributed by atoms with van der Waals surface area (Å²) in [6.45, 7) is 1.93. The number of nitrogens with zero attached hydrogens (tertiary/aromatic N) is 3. The molecule has 6 heteroatoms. The van der Waals surface area contributed by atoms with E-state index in [1.165, 1.54) is 17.7 Å². The Balaban J connectivity index is 1.92. The molecular formula is C14H12N4OS. The first-order chi connectivity index (χ1) is 9.75. The largest absolute Gasteiger partial charge is 0.319 e. The van der Waals surface area contributed by atoms with Crippen LogP contribution in [-0.2, 0) is 0 Å². The molecule has 100 valence electrons. The van der Waals surface area contributed by atoms with Gasteiger partial charge in [-0.15, -0.1) is 11.3 Å². The van der Waals surface area contributed by atoms with Crippen LogP contribution >= 0.6 is 11.3 Å². The van der Waals surface area contributed by atoms with E-state index >= 15 is 0 Å². The smallest absolute Gasteiger partial charge is 0.266 e. The molecule has 0 saturated carbocycles. The maximum Gasteiger partial charge on any atom is 0.266 e. The van der Waals surface area contributed by atoms with Crippen LogP contribution in [0.4, 0.5) is 5.69 Å². The Morgan fingerprint density at radius 1 is 1.30 bits per heavy atom. The van der Waals surface area contributed by atoms with E-state index in [2.05, 4.69) is 15.4 Å². The van der Waals surface area contributed by atoms with Gasteiger partial charge >= 0.3 is 0 Å². The number of para-hydroxylation sites is 2. The molecule has 0 spiro atoms. The van der Waals surface area contributed by atoms with E-state index < -0.39 is 0 Å². The summed E-state index contributed by atoms with van der Waals surface area (Å²) in [6.07, 6.45) is 3.06. The van der Waals surface area contributed by atoms with E-state index in [-0.39, 0.29) is 5.91 Å². The summed E-state index contributed by atoms with van der Waals surface area (Å²) in [6, 6.07) is 9.42. The van der Waals surface area contributed by atoms with Gasteiger partial charge in [0.05, 0.1) is 16.3 Å². The quantitative estimate of drug-likeness (QED) is 0.804. The number of rotatable bonds is 3. The highest BCUT2D eigenvalue weighted by molar-refractivity contribution is 7.12. The van der Waals surface area contributed by atoms with Crippen LogP contribution in [0.15, 0.2) is 48.4 Å². The highest BCUT2D eigenvalue weighted by Crippen LogP contribution is 2.22. The lowest BCUT2D eigenvalue weighted by Crippen LogP contribution is -2.13. The Morgan fingerprint density at radius 2 is 2.15 bits per heavy atom. The van der Waals surface area contributed by atoms with E-state index in [0.717, 1.165) is 16.1 Å². The van der Waals surface area contributed by atoms with E-state index in [0.29, 0.717) is 5.69 Å². The third-order valence-electron chi connectivity index (χ3n) is 2.89. The summed E-state index contributed by atoms with van der Waals surface area (Å²) in [5, 5.41) is 8.93. The number of carbonyl (C=O) groups excluding carboxylic acids is 1. The molecule has 20 heavy (non-hydrogen) atoms. The predicted molar refractivity (Wildman–Crippen MR) is 78.4 cm³/mol. The zero-order valence-electron chi connectivity index (χ0n) is 10.8. The van der Waals surface area contributed by atoms with Crippen LogP contribution in [-0.4, -0.2) is 20.7 Å². The first-order valence-electron chi connectivity index (χ1n) is 6.05. The number of hydrogen-bond acceptors (Lipinski definition) is 4. The molecule has 0 aliphatic carbocycles. The van der Waals surface area contributed by atoms with Gasteiger partial charge in [0, 0.05) is 0 Å². The summed E-state index contributed by atoms with van der Waals surface area (Å²) >= 11 is 1.43. The second-order valence-electron chi connectivity index (χ2n) is 4.24. The fourth-order valence-electron chi connectivity index (χ4n) is 1.90. The number of anilines is 1. The minimum atomic E-state index is -0.106. The fourth-order valence-corrected chi connectivity index (χ4v) is 2.72. The first-order valence-corrected chi connectivity index (χ1v) is 6.93. The van der Waals surface area contributed by atoms with Crippen LogP contribution in [0.5, 0.6) is 0 Å². The minimum Gasteiger partial charge on any atom is -0.319 e. The Labute approximate surface area is 119 Å². The molecule has 0 unspecified atom stereocenters. The van der Waals surface area contributed by atoms with E-state index in [9.17, 15) is 4.79 Å². The molecule has 1 N–H and O–H groups in total. The van der Waals surface area contributed by atoms with Crippen molar-refractivity contribution in [1.82, 2.24) is 14.8 Å². The molecule has 2 aromatic heterocycles. The molecule has 1 aromatic carbocycles. The number of aromatic nitrogens is 3. The van der Waals surface area contributed by atoms with Gasteiger partial charge in [0.25, 0.3) is 5.91 Å². The van der Waals surface area contributed by atoms with Gasteiger partial charge in [-0.05, 0) is 36.1 Å². The zero-order valence-corrected chi connectivity index (χ0v) is 11.6. The van der Waals surface area contributed by atoms with Crippen LogP contribution in [0.25, 0.3) is 5.69 Å². The van der Waals surface area contributed by atoms with Gasteiger partial charge in [-0.25, -0.2) is 9.67 Å². The molecule has 0 saturated heterocycles. The average Bonchev–Trinajstić information content (AvgIpc) is 3.10. The van der Waals surface area contributed by atoms with Crippen LogP contribution in [0.3, 0.4) is 0 Å². The third-order valence-corrected chi connectivity index (χ3v) is 3.90. The van der Waals surface area contributed by atoms with Gasteiger partial charge in [0.2, 0.25) is 0 Å². The summed E-state index contributed by atoms with van der Waals surface area (Å²) in [5.74, 6) is -0.106. The van der Waals surface area contributed by atoms with Crippen LogP contribution in [0.1, 0.15) is 15.2 Å². The minimum absolute atomic E-state index is 0.106. The summed E-state index contributed by atoms with van der Waals surface area (Å²) < 4.78 is 1.62. The number of amides is 1. The highest BCUT2D eigenvalue weighted by atomic mass is 32.1. The number of carbonyl (C=O) groups is 1. The van der Waals surface area contributed by atoms with Crippen LogP contribution < -0.4 is 5.32 Å². The topological polar surface area (TPSA) is 59.8 Å². The molecule has 5 nitrogen and oxygen atoms in total. The molecule has 0 fully saturated rings. The van der Waals surface area contributed by atoms with Crippen molar-refractivity contribution in [3.05, 3.63) is 58.8 Å². The normalized spacial score (nSPS) is 10.4. The molecule has 0 aliphatic heterocycles. The van der Waals surface area contributed by atoms with Crippen LogP contribution in [0, 0.1) is 6.92 Å². The number of thiophene rings is 1. The number of hydrogen-bond donors (Lipinski definition) is 1. The van der Waals surface area contributed by atoms with Crippen molar-refractivity contribution < 1.29 is 4.79 Å². The van der Waals surface area contributed by atoms with E-state index in [1.54, 1.807) is 11.0 Å². The molecule has 3 rings (SSSR count). The van der Waals surface area contributed by atoms with Crippen molar-refractivity contribution in [2.45, 2.75) is 6.92 Å². The second-order valence-corrected chi connectivity index (χ2v) is 5.16. The Bertz CT molecular complexity index is 733. The second kappa shape index (κ2) is 5.26. The standard InChI is InChI=1S/C14H12N4OS/c1-10-6-7-20-13(10)14(19)17-11-4-2-3-5-12(11)18-9-15-8-16-18/h2-9H,1H3,(H,17,19). The average molecular weight is 284 g/mol. The highest BCUT2D eigenvalue weighted by Gasteiger charge is 2.13. The van der Waals surface area contributed by atoms with E-state index in [1.807, 2.05) is 42.6 Å². The van der Waals surface area contributed by atoms with Gasteiger partial charge in [-0.3, -0.25) is 4.79 Å². The van der Waals surface area contributed by atoms with Crippen molar-refractivity contribution in [1.29, 1.82) is 0 Å². The molecule has 0 bridgehead atoms. The first kappa shape index (κ1) is 12.6. The van der Waals surface area contributed by atoms with Crippen LogP contribution in [0.2, 0.25) is 0 Å². The number of aryl methyl sites for hydroxylation is 1. The molecule has 2 heterocycles. The molecule has 0 atom stereocenters. The summed E-state index contributed by atoms with van der Waals surface area (Å²) in [5.41, 5.74) is 2.47. The van der Waals surface area contributed by atoms with Crippen molar-refractivity contribution in [3.8, 4) is 5.69 Å². The van der Waals surface area contributed by atoms with Gasteiger partial charge in [0.1, 0.15) is 12.7 Å². The SMILES string of the molecule is Cc1ccsc1C(=O)Nc1ccccc1-n1cncn1. The van der Waals surface area contributed by atoms with Crippen molar-refractivity contribution in [3.63, 3.8) is 0 Å².